The summed E-state index contributed by atoms with van der Waals surface area (Å²) in [5.74, 6) is -1.22. The molecule has 0 saturated carbocycles. The van der Waals surface area contributed by atoms with E-state index in [2.05, 4.69) is 15.3 Å². The Hall–Kier alpha value is -4.66. The lowest BCUT2D eigenvalue weighted by atomic mass is 9.98. The second kappa shape index (κ2) is 12.5. The van der Waals surface area contributed by atoms with Gasteiger partial charge in [-0.2, -0.15) is 10.4 Å². The fraction of sp³-hybridized carbons (Fsp3) is 0.148. The van der Waals surface area contributed by atoms with E-state index in [1.807, 2.05) is 5.32 Å². The molecule has 0 aliphatic carbocycles. The van der Waals surface area contributed by atoms with Gasteiger partial charge < -0.3 is 14.4 Å². The second-order valence-electron chi connectivity index (χ2n) is 8.24. The third-order valence-corrected chi connectivity index (χ3v) is 6.17. The monoisotopic (exact) mass is 583 g/mol. The largest absolute Gasteiger partial charge is 0.454 e. The second-order valence-corrected chi connectivity index (χ2v) is 9.05. The summed E-state index contributed by atoms with van der Waals surface area (Å²) in [6, 6.07) is 15.2. The quantitative estimate of drug-likeness (QED) is 0.269. The van der Waals surface area contributed by atoms with Crippen molar-refractivity contribution in [3.8, 4) is 17.6 Å². The van der Waals surface area contributed by atoms with Gasteiger partial charge in [0, 0.05) is 17.8 Å². The zero-order valence-electron chi connectivity index (χ0n) is 20.8. The summed E-state index contributed by atoms with van der Waals surface area (Å²) < 4.78 is 24.2. The Balaban J connectivity index is 1.47. The average Bonchev–Trinajstić information content (AvgIpc) is 2.91. The third kappa shape index (κ3) is 6.48. The Morgan fingerprint density at radius 3 is 2.58 bits per heavy atom. The molecule has 40 heavy (non-hydrogen) atoms. The number of imide groups is 1. The number of halogens is 3. The Morgan fingerprint density at radius 2 is 1.90 bits per heavy atom. The number of carbonyl (C=O) groups is 3. The lowest BCUT2D eigenvalue weighted by Gasteiger charge is -2.29. The summed E-state index contributed by atoms with van der Waals surface area (Å²) in [4.78, 5) is 37.9. The van der Waals surface area contributed by atoms with E-state index in [-0.39, 0.29) is 34.0 Å². The van der Waals surface area contributed by atoms with E-state index in [0.717, 1.165) is 5.56 Å². The van der Waals surface area contributed by atoms with Crippen LogP contribution in [0.5, 0.6) is 11.5 Å². The first-order valence-electron chi connectivity index (χ1n) is 11.8. The number of fused-ring (bicyclic) bond motifs is 1. The molecule has 3 aromatic carbocycles. The molecule has 3 aromatic rings. The van der Waals surface area contributed by atoms with Gasteiger partial charge in [0.15, 0.2) is 5.75 Å². The number of ether oxygens (including phenoxy) is 2. The van der Waals surface area contributed by atoms with Crippen LogP contribution >= 0.6 is 23.2 Å². The zero-order chi connectivity index (χ0) is 28.8. The number of hydrogen-bond donors (Lipinski definition) is 2. The van der Waals surface area contributed by atoms with Gasteiger partial charge in [0.2, 0.25) is 5.71 Å². The maximum absolute atomic E-state index is 13.7. The summed E-state index contributed by atoms with van der Waals surface area (Å²) in [6.45, 7) is 1.96. The van der Waals surface area contributed by atoms with Crippen molar-refractivity contribution in [1.82, 2.24) is 5.32 Å². The van der Waals surface area contributed by atoms with Crippen LogP contribution in [0.2, 0.25) is 10.0 Å². The molecule has 0 radical (unpaired) electrons. The topological polar surface area (TPSA) is 133 Å². The van der Waals surface area contributed by atoms with Crippen molar-refractivity contribution < 1.29 is 28.2 Å². The molecule has 2 N–H and O–H groups in total. The van der Waals surface area contributed by atoms with Crippen LogP contribution < -0.4 is 20.4 Å². The number of anilines is 2. The zero-order valence-corrected chi connectivity index (χ0v) is 22.3. The maximum Gasteiger partial charge on any atom is 0.414 e. The highest BCUT2D eigenvalue weighted by molar-refractivity contribution is 6.47. The molecule has 3 amide bonds. The minimum absolute atomic E-state index is 0.0422. The van der Waals surface area contributed by atoms with Crippen molar-refractivity contribution in [2.45, 2.75) is 13.3 Å². The number of hydrogen-bond acceptors (Lipinski definition) is 8. The molecule has 0 atom stereocenters. The van der Waals surface area contributed by atoms with Crippen molar-refractivity contribution >= 4 is 58.2 Å². The Kier molecular flexibility index (Phi) is 8.83. The van der Waals surface area contributed by atoms with Crippen molar-refractivity contribution in [3.05, 3.63) is 81.6 Å². The first kappa shape index (κ1) is 28.4. The van der Waals surface area contributed by atoms with Crippen LogP contribution in [0.3, 0.4) is 0 Å². The number of nitriles is 1. The summed E-state index contributed by atoms with van der Waals surface area (Å²) in [6.07, 6.45) is -0.499. The highest BCUT2D eigenvalue weighted by Crippen LogP contribution is 2.39. The number of alkyl carbamates (subject to hydrolysis) is 1. The number of carbonyl (C=O) groups excluding carboxylic acids is 3. The average molecular weight is 584 g/mol. The van der Waals surface area contributed by atoms with Gasteiger partial charge >= 0.3 is 6.09 Å². The van der Waals surface area contributed by atoms with E-state index in [0.29, 0.717) is 30.0 Å². The summed E-state index contributed by atoms with van der Waals surface area (Å²) in [5.41, 5.74) is 3.78. The smallest absolute Gasteiger partial charge is 0.414 e. The van der Waals surface area contributed by atoms with Gasteiger partial charge in [0.1, 0.15) is 17.6 Å². The van der Waals surface area contributed by atoms with Gasteiger partial charge in [0.25, 0.3) is 11.8 Å². The molecule has 0 aromatic heterocycles. The van der Waals surface area contributed by atoms with Crippen molar-refractivity contribution in [3.63, 3.8) is 0 Å². The van der Waals surface area contributed by atoms with Gasteiger partial charge in [-0.05, 0) is 67.4 Å². The van der Waals surface area contributed by atoms with Crippen LogP contribution in [-0.4, -0.2) is 36.8 Å². The SMILES string of the molecule is CCOC(=O)NC(=O)C(C#N)=NNc1cc(Cl)c(Oc2ccc3c(c2)CCN(c2cccc(F)c2)C3=O)c(Cl)c1. The van der Waals surface area contributed by atoms with Crippen LogP contribution in [0, 0.1) is 17.1 Å². The molecular formula is C27H20Cl2FN5O5. The van der Waals surface area contributed by atoms with Crippen LogP contribution in [0.15, 0.2) is 59.7 Å². The molecule has 0 saturated heterocycles. The maximum atomic E-state index is 13.7. The van der Waals surface area contributed by atoms with E-state index >= 15 is 0 Å². The minimum atomic E-state index is -1.06. The predicted octanol–water partition coefficient (Wildman–Crippen LogP) is 5.69. The summed E-state index contributed by atoms with van der Waals surface area (Å²) in [5, 5.41) is 14.9. The van der Waals surface area contributed by atoms with E-state index < -0.39 is 23.5 Å². The molecule has 0 fully saturated rings. The fourth-order valence-corrected chi connectivity index (χ4v) is 4.39. The summed E-state index contributed by atoms with van der Waals surface area (Å²) >= 11 is 12.7. The molecular weight excluding hydrogens is 564 g/mol. The highest BCUT2D eigenvalue weighted by Gasteiger charge is 2.26. The lowest BCUT2D eigenvalue weighted by molar-refractivity contribution is -0.114. The van der Waals surface area contributed by atoms with Crippen molar-refractivity contribution in [1.29, 1.82) is 5.26 Å². The van der Waals surface area contributed by atoms with Crippen LogP contribution in [0.4, 0.5) is 20.6 Å². The first-order chi connectivity index (χ1) is 19.2. The Bertz CT molecular complexity index is 1550. The van der Waals surface area contributed by atoms with Gasteiger partial charge in [0.05, 0.1) is 22.3 Å². The number of nitrogens with zero attached hydrogens (tertiary/aromatic N) is 3. The van der Waals surface area contributed by atoms with Crippen LogP contribution in [-0.2, 0) is 16.0 Å². The van der Waals surface area contributed by atoms with Gasteiger partial charge in [-0.25, -0.2) is 9.18 Å². The van der Waals surface area contributed by atoms with E-state index in [1.54, 1.807) is 43.3 Å². The standard InChI is InChI=1S/C27H20Cl2FN5O5/c1-2-39-27(38)32-25(36)23(14-31)34-33-17-12-21(28)24(22(29)13-17)40-19-6-7-20-15(10-19)8-9-35(26(20)37)18-5-3-4-16(30)11-18/h3-7,10-13,33H,2,8-9H2,1H3,(H,32,36,38). The number of benzene rings is 3. The molecule has 1 heterocycles. The van der Waals surface area contributed by atoms with Gasteiger partial charge in [-0.15, -0.1) is 0 Å². The molecule has 1 aliphatic rings. The van der Waals surface area contributed by atoms with Gasteiger partial charge in [-0.1, -0.05) is 29.3 Å². The normalized spacial score (nSPS) is 12.7. The molecule has 10 nitrogen and oxygen atoms in total. The molecule has 4 rings (SSSR count). The van der Waals surface area contributed by atoms with Crippen LogP contribution in [0.1, 0.15) is 22.8 Å². The van der Waals surface area contributed by atoms with Gasteiger partial charge in [-0.3, -0.25) is 20.3 Å². The van der Waals surface area contributed by atoms with E-state index in [9.17, 15) is 24.0 Å². The predicted molar refractivity (Wildman–Crippen MR) is 147 cm³/mol. The Labute approximate surface area is 237 Å². The fourth-order valence-electron chi connectivity index (χ4n) is 3.82. The first-order valence-corrected chi connectivity index (χ1v) is 12.5. The number of rotatable bonds is 7. The van der Waals surface area contributed by atoms with Crippen molar-refractivity contribution in [2.24, 2.45) is 5.10 Å². The summed E-state index contributed by atoms with van der Waals surface area (Å²) in [7, 11) is 0. The Morgan fingerprint density at radius 1 is 1.15 bits per heavy atom. The molecule has 13 heteroatoms. The van der Waals surface area contributed by atoms with E-state index in [1.165, 1.54) is 29.2 Å². The number of nitrogens with one attached hydrogen (secondary N) is 2. The highest BCUT2D eigenvalue weighted by atomic mass is 35.5. The lowest BCUT2D eigenvalue weighted by Crippen LogP contribution is -2.37. The number of hydrazone groups is 1. The third-order valence-electron chi connectivity index (χ3n) is 5.60. The van der Waals surface area contributed by atoms with Crippen molar-refractivity contribution in [2.75, 3.05) is 23.5 Å². The molecule has 204 valence electrons. The van der Waals surface area contributed by atoms with Crippen LogP contribution in [0.25, 0.3) is 0 Å². The molecule has 0 spiro atoms. The molecule has 1 aliphatic heterocycles. The molecule has 0 unspecified atom stereocenters. The van der Waals surface area contributed by atoms with E-state index in [4.69, 9.17) is 27.9 Å². The minimum Gasteiger partial charge on any atom is -0.454 e. The number of amides is 3. The molecule has 0 bridgehead atoms.